The molecule has 3 nitrogen and oxygen atoms in total. The summed E-state index contributed by atoms with van der Waals surface area (Å²) in [4.78, 5) is 11.9. The van der Waals surface area contributed by atoms with E-state index in [-0.39, 0.29) is 11.9 Å². The predicted molar refractivity (Wildman–Crippen MR) is 67.3 cm³/mol. The van der Waals surface area contributed by atoms with E-state index in [1.807, 2.05) is 0 Å². The summed E-state index contributed by atoms with van der Waals surface area (Å²) in [7, 11) is 0. The van der Waals surface area contributed by atoms with Crippen LogP contribution in [0.2, 0.25) is 0 Å². The lowest BCUT2D eigenvalue weighted by atomic mass is 9.99. The van der Waals surface area contributed by atoms with Gasteiger partial charge in [0.1, 0.15) is 0 Å². The van der Waals surface area contributed by atoms with Crippen LogP contribution in [0, 0.1) is 5.92 Å². The lowest BCUT2D eigenvalue weighted by Gasteiger charge is -2.25. The minimum absolute atomic E-state index is 0.0492. The number of hydrogen-bond acceptors (Lipinski definition) is 2. The molecule has 1 heterocycles. The Labute approximate surface area is 99.4 Å². The number of piperidine rings is 1. The number of carbonyl (C=O) groups excluding carboxylic acids is 1. The molecular weight excluding hydrogens is 200 g/mol. The normalized spacial score (nSPS) is 24.8. The van der Waals surface area contributed by atoms with Crippen molar-refractivity contribution in [3.8, 4) is 0 Å². The van der Waals surface area contributed by atoms with Crippen LogP contribution in [0.3, 0.4) is 0 Å². The Morgan fingerprint density at radius 2 is 2.19 bits per heavy atom. The van der Waals surface area contributed by atoms with Gasteiger partial charge in [-0.3, -0.25) is 4.79 Å². The molecule has 1 amide bonds. The van der Waals surface area contributed by atoms with Crippen LogP contribution in [0.25, 0.3) is 0 Å². The van der Waals surface area contributed by atoms with Crippen molar-refractivity contribution in [1.29, 1.82) is 0 Å². The third-order valence-corrected chi connectivity index (χ3v) is 3.47. The largest absolute Gasteiger partial charge is 0.352 e. The molecule has 0 aromatic heterocycles. The third-order valence-electron chi connectivity index (χ3n) is 3.47. The van der Waals surface area contributed by atoms with E-state index in [2.05, 4.69) is 31.4 Å². The van der Waals surface area contributed by atoms with E-state index in [1.165, 1.54) is 19.3 Å². The van der Waals surface area contributed by atoms with Crippen LogP contribution in [0.4, 0.5) is 0 Å². The van der Waals surface area contributed by atoms with Gasteiger partial charge in [0, 0.05) is 6.04 Å². The smallest absolute Gasteiger partial charge is 0.237 e. The molecule has 1 aliphatic heterocycles. The highest BCUT2D eigenvalue weighted by Gasteiger charge is 2.21. The molecule has 3 heteroatoms. The van der Waals surface area contributed by atoms with E-state index in [0.29, 0.717) is 12.0 Å². The fraction of sp³-hybridized carbons (Fsp3) is 0.923. The zero-order chi connectivity index (χ0) is 12.0. The highest BCUT2D eigenvalue weighted by molar-refractivity contribution is 5.82. The number of amides is 1. The Bertz CT molecular complexity index is 212. The number of carbonyl (C=O) groups is 1. The van der Waals surface area contributed by atoms with E-state index < -0.39 is 0 Å². The number of rotatable bonds is 5. The fourth-order valence-electron chi connectivity index (χ4n) is 2.25. The summed E-state index contributed by atoms with van der Waals surface area (Å²) in [5.41, 5.74) is 0. The lowest BCUT2D eigenvalue weighted by molar-refractivity contribution is -0.124. The summed E-state index contributed by atoms with van der Waals surface area (Å²) < 4.78 is 0. The van der Waals surface area contributed by atoms with E-state index in [1.54, 1.807) is 0 Å². The maximum absolute atomic E-state index is 11.9. The first kappa shape index (κ1) is 13.5. The highest BCUT2D eigenvalue weighted by atomic mass is 16.2. The van der Waals surface area contributed by atoms with Crippen molar-refractivity contribution in [3.63, 3.8) is 0 Å². The van der Waals surface area contributed by atoms with Crippen LogP contribution in [0.1, 0.15) is 52.9 Å². The van der Waals surface area contributed by atoms with Crippen molar-refractivity contribution >= 4 is 5.91 Å². The molecule has 16 heavy (non-hydrogen) atoms. The summed E-state index contributed by atoms with van der Waals surface area (Å²) in [6.07, 6.45) is 5.62. The topological polar surface area (TPSA) is 41.1 Å². The molecule has 0 radical (unpaired) electrons. The molecule has 0 bridgehead atoms. The maximum atomic E-state index is 11.9. The Balaban J connectivity index is 2.26. The van der Waals surface area contributed by atoms with Gasteiger partial charge in [0.2, 0.25) is 5.91 Å². The van der Waals surface area contributed by atoms with Crippen LogP contribution < -0.4 is 10.6 Å². The van der Waals surface area contributed by atoms with Gasteiger partial charge in [0.05, 0.1) is 6.04 Å². The zero-order valence-corrected chi connectivity index (χ0v) is 10.9. The van der Waals surface area contributed by atoms with Gasteiger partial charge < -0.3 is 10.6 Å². The Kier molecular flexibility index (Phi) is 5.81. The second kappa shape index (κ2) is 6.89. The fourth-order valence-corrected chi connectivity index (χ4v) is 2.25. The SMILES string of the molecule is CCC(C)CC(C)NC(=O)C1CCCCN1. The molecule has 1 aliphatic rings. The Hall–Kier alpha value is -0.570. The lowest BCUT2D eigenvalue weighted by Crippen LogP contribution is -2.49. The quantitative estimate of drug-likeness (QED) is 0.753. The Morgan fingerprint density at radius 3 is 2.75 bits per heavy atom. The summed E-state index contributed by atoms with van der Waals surface area (Å²) in [5, 5.41) is 6.39. The molecule has 1 saturated heterocycles. The second-order valence-electron chi connectivity index (χ2n) is 5.16. The van der Waals surface area contributed by atoms with Crippen molar-refractivity contribution in [2.24, 2.45) is 5.92 Å². The number of nitrogens with one attached hydrogen (secondary N) is 2. The minimum Gasteiger partial charge on any atom is -0.352 e. The van der Waals surface area contributed by atoms with Crippen molar-refractivity contribution in [1.82, 2.24) is 10.6 Å². The molecule has 0 aliphatic carbocycles. The predicted octanol–water partition coefficient (Wildman–Crippen LogP) is 2.07. The van der Waals surface area contributed by atoms with Gasteiger partial charge in [-0.1, -0.05) is 26.7 Å². The van der Waals surface area contributed by atoms with Gasteiger partial charge >= 0.3 is 0 Å². The van der Waals surface area contributed by atoms with Crippen molar-refractivity contribution in [3.05, 3.63) is 0 Å². The van der Waals surface area contributed by atoms with Gasteiger partial charge in [-0.2, -0.15) is 0 Å². The summed E-state index contributed by atoms with van der Waals surface area (Å²) >= 11 is 0. The number of hydrogen-bond donors (Lipinski definition) is 2. The van der Waals surface area contributed by atoms with Crippen LogP contribution >= 0.6 is 0 Å². The van der Waals surface area contributed by atoms with Crippen LogP contribution in [0.5, 0.6) is 0 Å². The minimum atomic E-state index is 0.0492. The summed E-state index contributed by atoms with van der Waals surface area (Å²) in [6.45, 7) is 7.52. The molecule has 1 fully saturated rings. The molecule has 0 aromatic rings. The monoisotopic (exact) mass is 226 g/mol. The summed E-state index contributed by atoms with van der Waals surface area (Å²) in [6, 6.07) is 0.347. The molecule has 3 atom stereocenters. The first-order valence-electron chi connectivity index (χ1n) is 6.67. The molecule has 1 rings (SSSR count). The van der Waals surface area contributed by atoms with E-state index >= 15 is 0 Å². The molecule has 94 valence electrons. The third kappa shape index (κ3) is 4.52. The standard InChI is InChI=1S/C13H26N2O/c1-4-10(2)9-11(3)15-13(16)12-7-5-6-8-14-12/h10-12,14H,4-9H2,1-3H3,(H,15,16). The molecular formula is C13H26N2O. The van der Waals surface area contributed by atoms with E-state index in [0.717, 1.165) is 19.4 Å². The van der Waals surface area contributed by atoms with Crippen LogP contribution in [-0.2, 0) is 4.79 Å². The van der Waals surface area contributed by atoms with Gasteiger partial charge in [0.15, 0.2) is 0 Å². The highest BCUT2D eigenvalue weighted by Crippen LogP contribution is 2.11. The second-order valence-corrected chi connectivity index (χ2v) is 5.16. The molecule has 0 spiro atoms. The molecule has 3 unspecified atom stereocenters. The van der Waals surface area contributed by atoms with Gasteiger partial charge in [-0.05, 0) is 38.6 Å². The van der Waals surface area contributed by atoms with Gasteiger partial charge in [-0.15, -0.1) is 0 Å². The average molecular weight is 226 g/mol. The zero-order valence-electron chi connectivity index (χ0n) is 10.9. The molecule has 2 N–H and O–H groups in total. The molecule has 0 aromatic carbocycles. The van der Waals surface area contributed by atoms with Crippen molar-refractivity contribution < 1.29 is 4.79 Å². The van der Waals surface area contributed by atoms with Gasteiger partial charge in [-0.25, -0.2) is 0 Å². The van der Waals surface area contributed by atoms with Gasteiger partial charge in [0.25, 0.3) is 0 Å². The maximum Gasteiger partial charge on any atom is 0.237 e. The van der Waals surface area contributed by atoms with E-state index in [9.17, 15) is 4.79 Å². The summed E-state index contributed by atoms with van der Waals surface area (Å²) in [5.74, 6) is 0.880. The van der Waals surface area contributed by atoms with Crippen molar-refractivity contribution in [2.45, 2.75) is 65.0 Å². The Morgan fingerprint density at radius 1 is 1.44 bits per heavy atom. The average Bonchev–Trinajstić information content (AvgIpc) is 2.29. The van der Waals surface area contributed by atoms with Crippen molar-refractivity contribution in [2.75, 3.05) is 6.54 Å². The molecule has 0 saturated carbocycles. The van der Waals surface area contributed by atoms with Crippen LogP contribution in [-0.4, -0.2) is 24.5 Å². The van der Waals surface area contributed by atoms with E-state index in [4.69, 9.17) is 0 Å². The first-order chi connectivity index (χ1) is 7.63. The van der Waals surface area contributed by atoms with Crippen LogP contribution in [0.15, 0.2) is 0 Å². The first-order valence-corrected chi connectivity index (χ1v) is 6.67.